The quantitative estimate of drug-likeness (QED) is 0.149. The van der Waals surface area contributed by atoms with Crippen molar-refractivity contribution in [3.8, 4) is 0 Å². The maximum Gasteiger partial charge on any atom is 0.0770 e. The van der Waals surface area contributed by atoms with Crippen LogP contribution in [0.25, 0.3) is 0 Å². The highest BCUT2D eigenvalue weighted by Gasteiger charge is 2.30. The van der Waals surface area contributed by atoms with Crippen LogP contribution in [0.5, 0.6) is 0 Å². The van der Waals surface area contributed by atoms with Gasteiger partial charge in [-0.25, -0.2) is 5.50 Å². The van der Waals surface area contributed by atoms with Gasteiger partial charge in [0.15, 0.2) is 0 Å². The molecular weight excluding hydrogens is 352 g/mol. The number of hydrogen-bond acceptors (Lipinski definition) is 1. The van der Waals surface area contributed by atoms with Crippen LogP contribution in [0.1, 0.15) is 136 Å². The van der Waals surface area contributed by atoms with Crippen molar-refractivity contribution in [2.45, 2.75) is 136 Å². The Kier molecular flexibility index (Phi) is 24.7. The van der Waals surface area contributed by atoms with Crippen LogP contribution in [0.15, 0.2) is 0 Å². The number of halogens is 1. The maximum atomic E-state index is 7.03. The van der Waals surface area contributed by atoms with Crippen LogP contribution < -0.4 is 5.50 Å². The van der Waals surface area contributed by atoms with Gasteiger partial charge in [0.1, 0.15) is 0 Å². The van der Waals surface area contributed by atoms with Crippen LogP contribution in [-0.4, -0.2) is 18.5 Å². The van der Waals surface area contributed by atoms with Gasteiger partial charge in [0.25, 0.3) is 0 Å². The van der Waals surface area contributed by atoms with Gasteiger partial charge in [0.05, 0.1) is 25.9 Å². The second-order valence-electron chi connectivity index (χ2n) is 8.69. The van der Waals surface area contributed by atoms with Gasteiger partial charge in [0, 0.05) is 0 Å². The van der Waals surface area contributed by atoms with Gasteiger partial charge in [-0.2, -0.15) is 0 Å². The highest BCUT2D eigenvalue weighted by atomic mass is 31.2. The van der Waals surface area contributed by atoms with Crippen molar-refractivity contribution in [3.05, 3.63) is 0 Å². The number of unbranched alkanes of at least 4 members (excludes halogenated alkanes) is 15. The van der Waals surface area contributed by atoms with Crippen LogP contribution in [0.2, 0.25) is 0 Å². The lowest BCUT2D eigenvalue weighted by atomic mass is 10.1. The average molecular weight is 407 g/mol. The lowest BCUT2D eigenvalue weighted by Gasteiger charge is -2.23. The molecule has 1 nitrogen and oxygen atoms in total. The molecule has 0 amide bonds. The zero-order valence-corrected chi connectivity index (χ0v) is 20.2. The minimum absolute atomic E-state index is 0. The number of hydrogen-bond donors (Lipinski definition) is 1. The zero-order valence-electron chi connectivity index (χ0n) is 19.3. The first-order valence-corrected chi connectivity index (χ1v) is 14.7. The first kappa shape index (κ1) is 29.5. The fourth-order valence-electron chi connectivity index (χ4n) is 3.96. The Bertz CT molecular complexity index is 232. The second-order valence-corrected chi connectivity index (χ2v) is 12.5. The normalized spacial score (nSPS) is 11.6. The largest absolute Gasteiger partial charge is 0.269 e. The van der Waals surface area contributed by atoms with Crippen molar-refractivity contribution in [1.82, 2.24) is 0 Å². The van der Waals surface area contributed by atoms with E-state index in [1.807, 2.05) is 0 Å². The third-order valence-electron chi connectivity index (χ3n) is 5.87. The molecule has 0 aliphatic carbocycles. The lowest BCUT2D eigenvalue weighted by Crippen LogP contribution is -2.17. The topological polar surface area (TPSA) is 26.0 Å². The van der Waals surface area contributed by atoms with E-state index in [9.17, 15) is 0 Å². The van der Waals surface area contributed by atoms with Crippen LogP contribution in [0.3, 0.4) is 0 Å². The van der Waals surface area contributed by atoms with E-state index >= 15 is 0 Å². The molecule has 0 aliphatic heterocycles. The van der Waals surface area contributed by atoms with Crippen molar-refractivity contribution in [3.63, 3.8) is 0 Å². The molecule has 0 saturated heterocycles. The van der Waals surface area contributed by atoms with E-state index in [1.165, 1.54) is 134 Å². The van der Waals surface area contributed by atoms with Gasteiger partial charge in [-0.3, -0.25) is 4.70 Å². The first-order valence-electron chi connectivity index (χ1n) is 12.3. The minimum atomic E-state index is -1.14. The Hall–Kier alpha value is 0.320. The van der Waals surface area contributed by atoms with E-state index in [0.717, 1.165) is 0 Å². The summed E-state index contributed by atoms with van der Waals surface area (Å²) < 4.78 is 0. The molecule has 27 heavy (non-hydrogen) atoms. The third-order valence-corrected chi connectivity index (χ3v) is 9.49. The monoisotopic (exact) mass is 406 g/mol. The molecule has 0 saturated carbocycles. The smallest absolute Gasteiger partial charge is 0.0770 e. The zero-order chi connectivity index (χ0) is 19.3. The molecule has 166 valence electrons. The molecule has 0 unspecified atom stereocenters. The van der Waals surface area contributed by atoms with E-state index in [2.05, 4.69) is 20.8 Å². The fourth-order valence-corrected chi connectivity index (χ4v) is 7.19. The highest BCUT2D eigenvalue weighted by molar-refractivity contribution is 7.73. The van der Waals surface area contributed by atoms with E-state index in [-0.39, 0.29) is 4.70 Å². The summed E-state index contributed by atoms with van der Waals surface area (Å²) in [6, 6.07) is 0. The Morgan fingerprint density at radius 2 is 0.630 bits per heavy atom. The summed E-state index contributed by atoms with van der Waals surface area (Å²) in [5.74, 6) is 0. The molecule has 0 heterocycles. The summed E-state index contributed by atoms with van der Waals surface area (Å²) in [4.78, 5) is 0. The molecule has 0 aromatic carbocycles. The second kappa shape index (κ2) is 22.6. The van der Waals surface area contributed by atoms with Crippen molar-refractivity contribution in [2.75, 3.05) is 18.5 Å². The predicted octanol–water partition coefficient (Wildman–Crippen LogP) is 9.11. The summed E-state index contributed by atoms with van der Waals surface area (Å²) >= 11 is 0. The molecule has 2 N–H and O–H groups in total. The van der Waals surface area contributed by atoms with Crippen LogP contribution in [0.4, 0.5) is 4.70 Å². The van der Waals surface area contributed by atoms with E-state index < -0.39 is 7.41 Å². The van der Waals surface area contributed by atoms with Gasteiger partial charge in [0.2, 0.25) is 0 Å². The highest BCUT2D eigenvalue weighted by Crippen LogP contribution is 2.53. The maximum absolute atomic E-state index is 7.03. The Morgan fingerprint density at radius 3 is 0.889 bits per heavy atom. The van der Waals surface area contributed by atoms with Crippen LogP contribution in [0, 0.1) is 0 Å². The molecule has 0 bridgehead atoms. The summed E-state index contributed by atoms with van der Waals surface area (Å²) in [5.41, 5.74) is 7.03. The van der Waals surface area contributed by atoms with Crippen LogP contribution >= 0.6 is 7.41 Å². The summed E-state index contributed by atoms with van der Waals surface area (Å²) in [5, 5.41) is 0. The summed E-state index contributed by atoms with van der Waals surface area (Å²) in [7, 11) is -1.14. The van der Waals surface area contributed by atoms with Crippen molar-refractivity contribution < 1.29 is 4.70 Å². The fraction of sp³-hybridized carbons (Fsp3) is 1.00. The van der Waals surface area contributed by atoms with E-state index in [4.69, 9.17) is 5.50 Å². The lowest BCUT2D eigenvalue weighted by molar-refractivity contribution is 0.615. The van der Waals surface area contributed by atoms with E-state index in [0.29, 0.717) is 0 Å². The molecule has 0 rings (SSSR count). The van der Waals surface area contributed by atoms with Crippen molar-refractivity contribution in [1.29, 1.82) is 0 Å². The number of rotatable bonds is 21. The molecular formula is C24H54FNP+. The third kappa shape index (κ3) is 20.9. The van der Waals surface area contributed by atoms with E-state index in [1.54, 1.807) is 0 Å². The Morgan fingerprint density at radius 1 is 0.407 bits per heavy atom. The molecule has 0 radical (unpaired) electrons. The van der Waals surface area contributed by atoms with Gasteiger partial charge in [-0.05, 0) is 38.5 Å². The van der Waals surface area contributed by atoms with Crippen LogP contribution in [-0.2, 0) is 0 Å². The predicted molar refractivity (Wildman–Crippen MR) is 128 cm³/mol. The van der Waals surface area contributed by atoms with Gasteiger partial charge in [-0.1, -0.05) is 97.8 Å². The molecule has 0 spiro atoms. The first-order chi connectivity index (χ1) is 12.7. The Balaban J connectivity index is 0. The average Bonchev–Trinajstić information content (AvgIpc) is 2.64. The van der Waals surface area contributed by atoms with Gasteiger partial charge < -0.3 is 0 Å². The molecule has 0 atom stereocenters. The summed E-state index contributed by atoms with van der Waals surface area (Å²) in [6.45, 7) is 6.91. The molecule has 0 aliphatic rings. The van der Waals surface area contributed by atoms with Gasteiger partial charge in [-0.15, -0.1) is 0 Å². The molecule has 0 fully saturated rings. The molecule has 0 aromatic rings. The Labute approximate surface area is 172 Å². The van der Waals surface area contributed by atoms with Crippen molar-refractivity contribution >= 4 is 7.41 Å². The van der Waals surface area contributed by atoms with Gasteiger partial charge >= 0.3 is 0 Å². The molecule has 3 heteroatoms. The SMILES string of the molecule is CCCCCCCC[P+](N)(CCCCCCCC)CCCCCCCC.F. The molecule has 0 aromatic heterocycles. The summed E-state index contributed by atoms with van der Waals surface area (Å²) in [6.07, 6.45) is 29.5. The minimum Gasteiger partial charge on any atom is -0.269 e. The number of nitrogens with two attached hydrogens (primary N) is 1. The van der Waals surface area contributed by atoms with Crippen molar-refractivity contribution in [2.24, 2.45) is 5.50 Å². The standard InChI is InChI=1S/C24H53NP.FH/c1-4-7-10-13-16-19-22-26(25,23-20-17-14-11-8-5-2)24-21-18-15-12-9-6-3;/h4-25H2,1-3H3;1H/q+1;.